The lowest BCUT2D eigenvalue weighted by Gasteiger charge is -2.12. The topological polar surface area (TPSA) is 50.7 Å². The number of fused-ring (bicyclic) bond motifs is 1. The highest BCUT2D eigenvalue weighted by atomic mass is 32.1. The van der Waals surface area contributed by atoms with Gasteiger partial charge in [0.05, 0.1) is 16.3 Å². The molecule has 6 heteroatoms. The summed E-state index contributed by atoms with van der Waals surface area (Å²) in [6.45, 7) is 4.26. The predicted octanol–water partition coefficient (Wildman–Crippen LogP) is 3.88. The maximum atomic E-state index is 4.47. The smallest absolute Gasteiger partial charge is 0.147 e. The van der Waals surface area contributed by atoms with Gasteiger partial charge < -0.3 is 5.32 Å². The molecule has 3 rings (SSSR count). The Morgan fingerprint density at radius 2 is 2.21 bits per heavy atom. The van der Waals surface area contributed by atoms with Crippen LogP contribution in [0.5, 0.6) is 0 Å². The number of rotatable bonds is 4. The number of aromatic nitrogens is 3. The molecule has 0 spiro atoms. The SMILES string of the molecule is CCc1cnc(C(C)Nc2ncnc3ccsc23)s1. The molecule has 0 saturated heterocycles. The Morgan fingerprint density at radius 1 is 1.32 bits per heavy atom. The average Bonchev–Trinajstić information content (AvgIpc) is 3.08. The van der Waals surface area contributed by atoms with Crippen LogP contribution in [0, 0.1) is 0 Å². The number of aryl methyl sites for hydroxylation is 1. The second-order valence-corrected chi connectivity index (χ2v) is 6.30. The van der Waals surface area contributed by atoms with Crippen LogP contribution in [-0.4, -0.2) is 15.0 Å². The fraction of sp³-hybridized carbons (Fsp3) is 0.308. The summed E-state index contributed by atoms with van der Waals surface area (Å²) < 4.78 is 1.10. The molecule has 3 aromatic heterocycles. The van der Waals surface area contributed by atoms with Crippen molar-refractivity contribution < 1.29 is 0 Å². The van der Waals surface area contributed by atoms with Crippen LogP contribution in [0.3, 0.4) is 0 Å². The molecule has 0 aliphatic rings. The maximum absolute atomic E-state index is 4.47. The van der Waals surface area contributed by atoms with E-state index in [2.05, 4.69) is 34.1 Å². The van der Waals surface area contributed by atoms with E-state index < -0.39 is 0 Å². The minimum atomic E-state index is 0.158. The van der Waals surface area contributed by atoms with Crippen molar-refractivity contribution in [3.8, 4) is 0 Å². The molecule has 0 radical (unpaired) electrons. The number of hydrogen-bond acceptors (Lipinski definition) is 6. The Kier molecular flexibility index (Phi) is 3.44. The van der Waals surface area contributed by atoms with Crippen molar-refractivity contribution >= 4 is 38.7 Å². The van der Waals surface area contributed by atoms with Crippen molar-refractivity contribution in [2.45, 2.75) is 26.3 Å². The van der Waals surface area contributed by atoms with Crippen molar-refractivity contribution in [3.05, 3.63) is 33.9 Å². The number of nitrogens with zero attached hydrogens (tertiary/aromatic N) is 3. The van der Waals surface area contributed by atoms with Gasteiger partial charge in [-0.2, -0.15) is 0 Å². The summed E-state index contributed by atoms with van der Waals surface area (Å²) in [5.74, 6) is 0.890. The first kappa shape index (κ1) is 12.5. The molecule has 1 N–H and O–H groups in total. The van der Waals surface area contributed by atoms with Crippen molar-refractivity contribution in [2.75, 3.05) is 5.32 Å². The molecular formula is C13H14N4S2. The van der Waals surface area contributed by atoms with Gasteiger partial charge in [-0.3, -0.25) is 0 Å². The van der Waals surface area contributed by atoms with E-state index >= 15 is 0 Å². The molecule has 0 aliphatic heterocycles. The van der Waals surface area contributed by atoms with E-state index in [9.17, 15) is 0 Å². The Morgan fingerprint density at radius 3 is 3.00 bits per heavy atom. The average molecular weight is 290 g/mol. The van der Waals surface area contributed by atoms with Crippen molar-refractivity contribution in [2.24, 2.45) is 0 Å². The van der Waals surface area contributed by atoms with Crippen LogP contribution < -0.4 is 5.32 Å². The first-order valence-electron chi connectivity index (χ1n) is 6.17. The Labute approximate surface area is 119 Å². The summed E-state index contributed by atoms with van der Waals surface area (Å²) in [5.41, 5.74) is 0.989. The highest BCUT2D eigenvalue weighted by Gasteiger charge is 2.13. The Balaban J connectivity index is 1.86. The zero-order chi connectivity index (χ0) is 13.2. The van der Waals surface area contributed by atoms with Gasteiger partial charge in [0.2, 0.25) is 0 Å². The summed E-state index contributed by atoms with van der Waals surface area (Å²) in [5, 5.41) is 6.56. The van der Waals surface area contributed by atoms with Crippen LogP contribution in [0.4, 0.5) is 5.82 Å². The molecule has 3 aromatic rings. The van der Waals surface area contributed by atoms with E-state index in [1.54, 1.807) is 29.0 Å². The first-order chi connectivity index (χ1) is 9.28. The quantitative estimate of drug-likeness (QED) is 0.792. The lowest BCUT2D eigenvalue weighted by Crippen LogP contribution is -2.07. The van der Waals surface area contributed by atoms with Gasteiger partial charge >= 0.3 is 0 Å². The fourth-order valence-electron chi connectivity index (χ4n) is 1.84. The van der Waals surface area contributed by atoms with Crippen LogP contribution in [0.1, 0.15) is 29.8 Å². The van der Waals surface area contributed by atoms with Crippen molar-refractivity contribution in [1.29, 1.82) is 0 Å². The molecule has 98 valence electrons. The minimum Gasteiger partial charge on any atom is -0.360 e. The molecular weight excluding hydrogens is 276 g/mol. The van der Waals surface area contributed by atoms with E-state index in [0.29, 0.717) is 0 Å². The Bertz CT molecular complexity index is 689. The summed E-state index contributed by atoms with van der Waals surface area (Å²) >= 11 is 3.41. The molecule has 3 heterocycles. The van der Waals surface area contributed by atoms with Crippen molar-refractivity contribution in [1.82, 2.24) is 15.0 Å². The number of nitrogens with one attached hydrogen (secondary N) is 1. The van der Waals surface area contributed by atoms with Gasteiger partial charge in [-0.25, -0.2) is 15.0 Å². The van der Waals surface area contributed by atoms with Gasteiger partial charge in [0.25, 0.3) is 0 Å². The largest absolute Gasteiger partial charge is 0.360 e. The minimum absolute atomic E-state index is 0.158. The summed E-state index contributed by atoms with van der Waals surface area (Å²) in [7, 11) is 0. The molecule has 0 amide bonds. The molecule has 1 atom stereocenters. The third-order valence-corrected chi connectivity index (χ3v) is 5.12. The maximum Gasteiger partial charge on any atom is 0.147 e. The molecule has 19 heavy (non-hydrogen) atoms. The third-order valence-electron chi connectivity index (χ3n) is 2.89. The molecule has 0 fully saturated rings. The van der Waals surface area contributed by atoms with E-state index in [4.69, 9.17) is 0 Å². The normalized spacial score (nSPS) is 12.7. The standard InChI is InChI=1S/C13H14N4S2/c1-3-9-6-14-13(19-9)8(2)17-12-11-10(4-5-18-11)15-7-16-12/h4-8H,3H2,1-2H3,(H,15,16,17). The fourth-order valence-corrected chi connectivity index (χ4v) is 3.50. The predicted molar refractivity (Wildman–Crippen MR) is 80.9 cm³/mol. The monoisotopic (exact) mass is 290 g/mol. The van der Waals surface area contributed by atoms with Crippen LogP contribution in [0.2, 0.25) is 0 Å². The molecule has 4 nitrogen and oxygen atoms in total. The number of hydrogen-bond donors (Lipinski definition) is 1. The number of anilines is 1. The second kappa shape index (κ2) is 5.22. The van der Waals surface area contributed by atoms with Gasteiger partial charge in [0, 0.05) is 11.1 Å². The van der Waals surface area contributed by atoms with Gasteiger partial charge in [-0.1, -0.05) is 6.92 Å². The van der Waals surface area contributed by atoms with E-state index in [1.165, 1.54) is 4.88 Å². The van der Waals surface area contributed by atoms with Crippen LogP contribution in [0.25, 0.3) is 10.2 Å². The summed E-state index contributed by atoms with van der Waals surface area (Å²) in [4.78, 5) is 14.4. The van der Waals surface area contributed by atoms with E-state index in [1.807, 2.05) is 17.6 Å². The molecule has 0 aromatic carbocycles. The van der Waals surface area contributed by atoms with E-state index in [-0.39, 0.29) is 6.04 Å². The lowest BCUT2D eigenvalue weighted by molar-refractivity contribution is 0.862. The highest BCUT2D eigenvalue weighted by Crippen LogP contribution is 2.29. The number of thiophene rings is 1. The molecule has 1 unspecified atom stereocenters. The zero-order valence-corrected chi connectivity index (χ0v) is 12.4. The van der Waals surface area contributed by atoms with Gasteiger partial charge in [0.15, 0.2) is 0 Å². The third kappa shape index (κ3) is 2.46. The van der Waals surface area contributed by atoms with Gasteiger partial charge in [-0.15, -0.1) is 22.7 Å². The molecule has 0 aliphatic carbocycles. The van der Waals surface area contributed by atoms with Gasteiger partial charge in [-0.05, 0) is 24.8 Å². The van der Waals surface area contributed by atoms with Crippen molar-refractivity contribution in [3.63, 3.8) is 0 Å². The molecule has 0 saturated carbocycles. The first-order valence-corrected chi connectivity index (χ1v) is 7.87. The van der Waals surface area contributed by atoms with Crippen LogP contribution in [0.15, 0.2) is 24.0 Å². The van der Waals surface area contributed by atoms with Gasteiger partial charge in [0.1, 0.15) is 17.2 Å². The number of thiazole rings is 1. The Hall–Kier alpha value is -1.53. The zero-order valence-electron chi connectivity index (χ0n) is 10.8. The summed E-state index contributed by atoms with van der Waals surface area (Å²) in [6.07, 6.45) is 4.59. The second-order valence-electron chi connectivity index (χ2n) is 4.24. The van der Waals surface area contributed by atoms with Crippen LogP contribution in [-0.2, 0) is 6.42 Å². The van der Waals surface area contributed by atoms with E-state index in [0.717, 1.165) is 27.5 Å². The summed E-state index contributed by atoms with van der Waals surface area (Å²) in [6, 6.07) is 2.17. The lowest BCUT2D eigenvalue weighted by atomic mass is 10.3. The van der Waals surface area contributed by atoms with Crippen LogP contribution >= 0.6 is 22.7 Å². The highest BCUT2D eigenvalue weighted by molar-refractivity contribution is 7.17. The molecule has 0 bridgehead atoms.